The summed E-state index contributed by atoms with van der Waals surface area (Å²) in [6, 6.07) is 0.235. The van der Waals surface area contributed by atoms with Gasteiger partial charge < -0.3 is 14.5 Å². The number of carbonyl (C=O) groups excluding carboxylic acids is 2. The molecule has 0 unspecified atom stereocenters. The Hall–Kier alpha value is -2.26. The van der Waals surface area contributed by atoms with Crippen molar-refractivity contribution >= 4 is 33.4 Å². The van der Waals surface area contributed by atoms with Crippen LogP contribution >= 0.6 is 11.3 Å². The summed E-state index contributed by atoms with van der Waals surface area (Å²) in [6.45, 7) is 4.12. The van der Waals surface area contributed by atoms with Gasteiger partial charge in [-0.15, -0.1) is 11.3 Å². The van der Waals surface area contributed by atoms with Crippen LogP contribution < -0.4 is 4.74 Å². The minimum atomic E-state index is 0.113. The molecule has 0 atom stereocenters. The van der Waals surface area contributed by atoms with Crippen molar-refractivity contribution in [3.8, 4) is 5.88 Å². The Morgan fingerprint density at radius 3 is 2.17 bits per heavy atom. The van der Waals surface area contributed by atoms with E-state index >= 15 is 0 Å². The van der Waals surface area contributed by atoms with Gasteiger partial charge in [0, 0.05) is 37.1 Å². The fourth-order valence-electron chi connectivity index (χ4n) is 6.47. The van der Waals surface area contributed by atoms with Crippen LogP contribution in [0.4, 0.5) is 0 Å². The van der Waals surface area contributed by atoms with Crippen molar-refractivity contribution in [3.63, 3.8) is 0 Å². The van der Waals surface area contributed by atoms with Gasteiger partial charge in [-0.1, -0.05) is 0 Å². The van der Waals surface area contributed by atoms with Crippen molar-refractivity contribution in [2.75, 3.05) is 39.3 Å². The highest BCUT2D eigenvalue weighted by Crippen LogP contribution is 2.40. The fraction of sp³-hybridized carbons (Fsp3) is 0.704. The van der Waals surface area contributed by atoms with Gasteiger partial charge in [0.05, 0.1) is 18.5 Å². The molecule has 0 N–H and O–H groups in total. The van der Waals surface area contributed by atoms with Gasteiger partial charge in [0.2, 0.25) is 17.7 Å². The molecule has 0 aromatic carbocycles. The van der Waals surface area contributed by atoms with E-state index in [0.717, 1.165) is 106 Å². The molecule has 4 heterocycles. The third-order valence-electron chi connectivity index (χ3n) is 8.50. The molecule has 0 bridgehead atoms. The maximum absolute atomic E-state index is 13.0. The van der Waals surface area contributed by atoms with Gasteiger partial charge >= 0.3 is 0 Å². The zero-order valence-corrected chi connectivity index (χ0v) is 21.9. The summed E-state index contributed by atoms with van der Waals surface area (Å²) >= 11 is 1.79. The molecule has 0 radical (unpaired) electrons. The lowest BCUT2D eigenvalue weighted by atomic mass is 9.91. The molecule has 1 saturated carbocycles. The van der Waals surface area contributed by atoms with Crippen LogP contribution in [0.15, 0.2) is 6.33 Å². The van der Waals surface area contributed by atoms with E-state index in [4.69, 9.17) is 4.74 Å². The van der Waals surface area contributed by atoms with Crippen molar-refractivity contribution < 1.29 is 14.3 Å². The molecule has 2 aliphatic carbocycles. The largest absolute Gasteiger partial charge is 0.474 e. The average molecular weight is 512 g/mol. The zero-order valence-electron chi connectivity index (χ0n) is 21.1. The molecule has 8 nitrogen and oxygen atoms in total. The van der Waals surface area contributed by atoms with Crippen LogP contribution in [0.2, 0.25) is 0 Å². The first-order valence-corrected chi connectivity index (χ1v) is 14.7. The van der Waals surface area contributed by atoms with Gasteiger partial charge in [-0.2, -0.15) is 0 Å². The monoisotopic (exact) mass is 511 g/mol. The van der Waals surface area contributed by atoms with E-state index in [-0.39, 0.29) is 24.0 Å². The van der Waals surface area contributed by atoms with Crippen molar-refractivity contribution in [1.29, 1.82) is 0 Å². The number of amides is 2. The molecule has 194 valence electrons. The lowest BCUT2D eigenvalue weighted by Gasteiger charge is -2.37. The lowest BCUT2D eigenvalue weighted by Crippen LogP contribution is -2.50. The summed E-state index contributed by atoms with van der Waals surface area (Å²) in [7, 11) is 0. The molecular weight excluding hydrogens is 474 g/mol. The van der Waals surface area contributed by atoms with E-state index in [9.17, 15) is 9.59 Å². The molecule has 4 aliphatic rings. The Kier molecular flexibility index (Phi) is 7.11. The summed E-state index contributed by atoms with van der Waals surface area (Å²) in [5.74, 6) is 1.10. The minimum absolute atomic E-state index is 0.113. The number of carbonyl (C=O) groups is 2. The van der Waals surface area contributed by atoms with Crippen LogP contribution in [-0.4, -0.2) is 87.9 Å². The molecule has 2 amide bonds. The van der Waals surface area contributed by atoms with Crippen molar-refractivity contribution in [2.24, 2.45) is 0 Å². The van der Waals surface area contributed by atoms with Crippen molar-refractivity contribution in [1.82, 2.24) is 24.7 Å². The Morgan fingerprint density at radius 1 is 0.889 bits per heavy atom. The van der Waals surface area contributed by atoms with Crippen molar-refractivity contribution in [3.05, 3.63) is 16.8 Å². The van der Waals surface area contributed by atoms with E-state index < -0.39 is 0 Å². The molecule has 36 heavy (non-hydrogen) atoms. The van der Waals surface area contributed by atoms with Crippen molar-refractivity contribution in [2.45, 2.75) is 82.8 Å². The third-order valence-corrected chi connectivity index (χ3v) is 9.70. The molecule has 6 rings (SSSR count). The predicted octanol–water partition coefficient (Wildman–Crippen LogP) is 3.42. The Morgan fingerprint density at radius 2 is 1.53 bits per heavy atom. The number of hydrogen-bond acceptors (Lipinski definition) is 7. The minimum Gasteiger partial charge on any atom is -0.474 e. The number of aromatic nitrogens is 2. The average Bonchev–Trinajstić information content (AvgIpc) is 3.69. The van der Waals surface area contributed by atoms with Gasteiger partial charge in [-0.05, 0) is 76.2 Å². The van der Waals surface area contributed by atoms with E-state index in [1.54, 1.807) is 17.7 Å². The van der Waals surface area contributed by atoms with E-state index in [2.05, 4.69) is 14.9 Å². The third kappa shape index (κ3) is 4.96. The number of nitrogens with zero attached hydrogens (tertiary/aromatic N) is 5. The Labute approximate surface area is 217 Å². The second-order valence-electron chi connectivity index (χ2n) is 10.8. The zero-order chi connectivity index (χ0) is 24.5. The first-order chi connectivity index (χ1) is 17.7. The van der Waals surface area contributed by atoms with E-state index in [0.29, 0.717) is 13.1 Å². The second kappa shape index (κ2) is 10.6. The van der Waals surface area contributed by atoms with Gasteiger partial charge in [-0.25, -0.2) is 9.97 Å². The highest BCUT2D eigenvalue weighted by molar-refractivity contribution is 7.18. The number of likely N-dealkylation sites (tertiary alicyclic amines) is 2. The number of rotatable bonds is 7. The topological polar surface area (TPSA) is 78.9 Å². The molecule has 2 saturated heterocycles. The number of fused-ring (bicyclic) bond motifs is 3. The fourth-order valence-corrected chi connectivity index (χ4v) is 7.69. The van der Waals surface area contributed by atoms with Crippen LogP contribution in [0, 0.1) is 0 Å². The molecule has 2 aromatic rings. The second-order valence-corrected chi connectivity index (χ2v) is 11.9. The maximum atomic E-state index is 13.0. The Balaban J connectivity index is 1.11. The van der Waals surface area contributed by atoms with Gasteiger partial charge in [0.1, 0.15) is 17.3 Å². The summed E-state index contributed by atoms with van der Waals surface area (Å²) < 4.78 is 6.49. The number of thiophene rings is 1. The SMILES string of the molecule is O=C(CN(CC(=O)N1CCCC1)[C@H]1CC[C@H](Oc2ncnc3sc4c(c23)CCC4)CC1)N1CCCC1. The smallest absolute Gasteiger partial charge is 0.236 e. The van der Waals surface area contributed by atoms with Gasteiger partial charge in [-0.3, -0.25) is 14.5 Å². The first-order valence-electron chi connectivity index (χ1n) is 13.9. The van der Waals surface area contributed by atoms with Crippen LogP contribution in [0.3, 0.4) is 0 Å². The summed E-state index contributed by atoms with van der Waals surface area (Å²) in [5, 5.41) is 1.13. The summed E-state index contributed by atoms with van der Waals surface area (Å²) in [6.07, 6.45) is 13.2. The number of hydrogen-bond donors (Lipinski definition) is 0. The van der Waals surface area contributed by atoms with Crippen LogP contribution in [0.5, 0.6) is 5.88 Å². The van der Waals surface area contributed by atoms with Gasteiger partial charge in [0.15, 0.2) is 0 Å². The van der Waals surface area contributed by atoms with E-state index in [1.165, 1.54) is 16.9 Å². The molecular formula is C27H37N5O3S. The van der Waals surface area contributed by atoms with Crippen LogP contribution in [0.25, 0.3) is 10.2 Å². The number of aryl methyl sites for hydroxylation is 2. The standard InChI is InChI=1S/C27H37N5O3S/c33-23(30-12-1-2-13-30)16-32(17-24(34)31-14-3-4-15-31)19-8-10-20(11-9-19)35-26-25-21-6-5-7-22(21)36-27(25)29-18-28-26/h18-20H,1-17H2/t19-,20-. The highest BCUT2D eigenvalue weighted by Gasteiger charge is 2.33. The molecule has 0 spiro atoms. The lowest BCUT2D eigenvalue weighted by molar-refractivity contribution is -0.136. The summed E-state index contributed by atoms with van der Waals surface area (Å²) in [4.78, 5) is 43.7. The quantitative estimate of drug-likeness (QED) is 0.567. The van der Waals surface area contributed by atoms with E-state index in [1.807, 2.05) is 9.80 Å². The molecule has 2 aliphatic heterocycles. The molecule has 2 aromatic heterocycles. The van der Waals surface area contributed by atoms with Gasteiger partial charge in [0.25, 0.3) is 0 Å². The maximum Gasteiger partial charge on any atom is 0.236 e. The summed E-state index contributed by atoms with van der Waals surface area (Å²) in [5.41, 5.74) is 1.39. The number of ether oxygens (including phenoxy) is 1. The normalized spacial score (nSPS) is 24.1. The molecule has 3 fully saturated rings. The molecule has 9 heteroatoms. The predicted molar refractivity (Wildman–Crippen MR) is 139 cm³/mol. The van der Waals surface area contributed by atoms with Crippen LogP contribution in [-0.2, 0) is 22.4 Å². The first kappa shape index (κ1) is 24.1. The Bertz CT molecular complexity index is 1070. The van der Waals surface area contributed by atoms with Crippen LogP contribution in [0.1, 0.15) is 68.2 Å². The highest BCUT2D eigenvalue weighted by atomic mass is 32.1.